The fourth-order valence-electron chi connectivity index (χ4n) is 3.18. The Labute approximate surface area is 177 Å². The lowest BCUT2D eigenvalue weighted by Gasteiger charge is -2.24. The number of carbonyl (C=O) groups is 2. The van der Waals surface area contributed by atoms with Crippen molar-refractivity contribution in [2.75, 3.05) is 24.4 Å². The fourth-order valence-corrected chi connectivity index (χ4v) is 3.37. The van der Waals surface area contributed by atoms with Crippen LogP contribution in [-0.2, 0) is 9.59 Å². The summed E-state index contributed by atoms with van der Waals surface area (Å²) in [6.45, 7) is -0.207. The maximum absolute atomic E-state index is 12.2. The van der Waals surface area contributed by atoms with E-state index in [1.807, 2.05) is 0 Å². The van der Waals surface area contributed by atoms with Gasteiger partial charge < -0.3 is 14.8 Å². The second-order valence-corrected chi connectivity index (χ2v) is 6.99. The van der Waals surface area contributed by atoms with Crippen LogP contribution in [0.15, 0.2) is 48.8 Å². The van der Waals surface area contributed by atoms with Crippen molar-refractivity contribution in [3.8, 4) is 11.5 Å². The lowest BCUT2D eigenvalue weighted by Crippen LogP contribution is -2.29. The third-order valence-electron chi connectivity index (χ3n) is 4.54. The van der Waals surface area contributed by atoms with Crippen LogP contribution < -0.4 is 20.1 Å². The first kappa shape index (κ1) is 19.7. The highest BCUT2D eigenvalue weighted by atomic mass is 35.5. The van der Waals surface area contributed by atoms with Gasteiger partial charge >= 0.3 is 0 Å². The van der Waals surface area contributed by atoms with E-state index in [1.54, 1.807) is 47.1 Å². The fraction of sp³-hybridized carbons (Fsp3) is 0.200. The highest BCUT2D eigenvalue weighted by molar-refractivity contribution is 6.30. The second-order valence-electron chi connectivity index (χ2n) is 6.55. The number of carbonyl (C=O) groups excluding carboxylic acids is 2. The van der Waals surface area contributed by atoms with E-state index in [0.717, 1.165) is 5.56 Å². The summed E-state index contributed by atoms with van der Waals surface area (Å²) in [6.07, 6.45) is 1.61. The Morgan fingerprint density at radius 1 is 1.30 bits per heavy atom. The number of halogens is 1. The summed E-state index contributed by atoms with van der Waals surface area (Å²) in [5, 5.41) is 10.1. The first-order valence-corrected chi connectivity index (χ1v) is 9.47. The molecule has 0 saturated carbocycles. The molecule has 2 N–H and O–H groups in total. The first-order valence-electron chi connectivity index (χ1n) is 9.09. The smallest absolute Gasteiger partial charge is 0.262 e. The molecule has 10 heteroatoms. The molecule has 0 saturated heterocycles. The van der Waals surface area contributed by atoms with Gasteiger partial charge in [0.25, 0.3) is 5.91 Å². The van der Waals surface area contributed by atoms with Gasteiger partial charge in [-0.15, -0.1) is 0 Å². The number of methoxy groups -OCH3 is 1. The number of hydrogen-bond donors (Lipinski definition) is 2. The summed E-state index contributed by atoms with van der Waals surface area (Å²) >= 11 is 5.92. The Morgan fingerprint density at radius 2 is 2.17 bits per heavy atom. The Balaban J connectivity index is 1.47. The highest BCUT2D eigenvalue weighted by Gasteiger charge is 2.28. The predicted octanol–water partition coefficient (Wildman–Crippen LogP) is 2.89. The zero-order valence-corrected chi connectivity index (χ0v) is 16.7. The van der Waals surface area contributed by atoms with E-state index >= 15 is 0 Å². The van der Waals surface area contributed by atoms with Crippen LogP contribution in [-0.4, -0.2) is 40.3 Å². The topological polar surface area (TPSA) is 107 Å². The van der Waals surface area contributed by atoms with Gasteiger partial charge in [0.1, 0.15) is 6.33 Å². The van der Waals surface area contributed by atoms with Crippen LogP contribution in [0.2, 0.25) is 5.02 Å². The van der Waals surface area contributed by atoms with Gasteiger partial charge in [-0.1, -0.05) is 23.7 Å². The summed E-state index contributed by atoms with van der Waals surface area (Å²) in [6, 6.07) is 11.8. The Hall–Kier alpha value is -3.59. The molecule has 0 fully saturated rings. The molecule has 154 valence electrons. The van der Waals surface area contributed by atoms with E-state index in [0.29, 0.717) is 28.2 Å². The van der Waals surface area contributed by atoms with Gasteiger partial charge in [-0.05, 0) is 35.9 Å². The minimum absolute atomic E-state index is 0.141. The average Bonchev–Trinajstić information content (AvgIpc) is 3.20. The molecule has 1 atom stereocenters. The number of benzene rings is 2. The van der Waals surface area contributed by atoms with Crippen LogP contribution in [0.1, 0.15) is 18.0 Å². The van der Waals surface area contributed by atoms with Crippen LogP contribution in [0.4, 0.5) is 11.6 Å². The van der Waals surface area contributed by atoms with Crippen molar-refractivity contribution in [1.29, 1.82) is 0 Å². The molecule has 1 aromatic heterocycles. The Bertz CT molecular complexity index is 1100. The van der Waals surface area contributed by atoms with E-state index in [-0.39, 0.29) is 30.9 Å². The summed E-state index contributed by atoms with van der Waals surface area (Å²) in [7, 11) is 1.51. The van der Waals surface area contributed by atoms with Crippen LogP contribution in [0.5, 0.6) is 11.5 Å². The van der Waals surface area contributed by atoms with Crippen LogP contribution >= 0.6 is 11.6 Å². The van der Waals surface area contributed by atoms with Crippen molar-refractivity contribution < 1.29 is 19.1 Å². The third kappa shape index (κ3) is 4.20. The van der Waals surface area contributed by atoms with E-state index < -0.39 is 0 Å². The number of amides is 2. The van der Waals surface area contributed by atoms with Crippen LogP contribution in [0.3, 0.4) is 0 Å². The minimum atomic E-state index is -0.334. The SMILES string of the molecule is COc1cc([C@H]2CC(=O)Nc3ncnn32)ccc1OCC(=O)Nc1cccc(Cl)c1. The van der Waals surface area contributed by atoms with Gasteiger partial charge in [-0.3, -0.25) is 14.9 Å². The standard InChI is InChI=1S/C20H18ClN5O4/c1-29-17-7-12(15-9-18(27)25-20-22-11-23-26(15)20)5-6-16(17)30-10-19(28)24-14-4-2-3-13(21)8-14/h2-8,11,15H,9-10H2,1H3,(H,24,28)(H,22,23,25,27)/t15-/m1/s1. The summed E-state index contributed by atoms with van der Waals surface area (Å²) in [5.41, 5.74) is 1.39. The van der Waals surface area contributed by atoms with E-state index in [9.17, 15) is 9.59 Å². The number of aromatic nitrogens is 3. The molecular formula is C20H18ClN5O4. The summed E-state index contributed by atoms with van der Waals surface area (Å²) in [4.78, 5) is 28.2. The van der Waals surface area contributed by atoms with Gasteiger partial charge in [-0.2, -0.15) is 10.1 Å². The number of nitrogens with one attached hydrogen (secondary N) is 2. The summed E-state index contributed by atoms with van der Waals surface area (Å²) < 4.78 is 12.7. The molecule has 2 heterocycles. The zero-order valence-electron chi connectivity index (χ0n) is 16.0. The lowest BCUT2D eigenvalue weighted by molar-refractivity contribution is -0.118. The van der Waals surface area contributed by atoms with E-state index in [1.165, 1.54) is 13.4 Å². The van der Waals surface area contributed by atoms with E-state index in [2.05, 4.69) is 20.7 Å². The molecule has 1 aliphatic heterocycles. The lowest BCUT2D eigenvalue weighted by atomic mass is 10.0. The second kappa shape index (κ2) is 8.42. The van der Waals surface area contributed by atoms with Gasteiger partial charge in [-0.25, -0.2) is 4.68 Å². The quantitative estimate of drug-likeness (QED) is 0.626. The van der Waals surface area contributed by atoms with Gasteiger partial charge in [0, 0.05) is 10.7 Å². The maximum atomic E-state index is 12.2. The molecule has 0 spiro atoms. The molecule has 0 radical (unpaired) electrons. The molecule has 3 aromatic rings. The van der Waals surface area contributed by atoms with Crippen molar-refractivity contribution in [3.05, 3.63) is 59.4 Å². The van der Waals surface area contributed by atoms with Gasteiger partial charge in [0.15, 0.2) is 18.1 Å². The van der Waals surface area contributed by atoms with Crippen molar-refractivity contribution in [1.82, 2.24) is 14.8 Å². The maximum Gasteiger partial charge on any atom is 0.262 e. The molecule has 30 heavy (non-hydrogen) atoms. The van der Waals surface area contributed by atoms with Crippen molar-refractivity contribution in [2.45, 2.75) is 12.5 Å². The third-order valence-corrected chi connectivity index (χ3v) is 4.77. The molecule has 4 rings (SSSR count). The molecule has 2 amide bonds. The predicted molar refractivity (Wildman–Crippen MR) is 110 cm³/mol. The van der Waals surface area contributed by atoms with Crippen LogP contribution in [0, 0.1) is 0 Å². The molecule has 0 bridgehead atoms. The number of hydrogen-bond acceptors (Lipinski definition) is 6. The Morgan fingerprint density at radius 3 is 2.97 bits per heavy atom. The number of nitrogens with zero attached hydrogens (tertiary/aromatic N) is 3. The molecule has 9 nitrogen and oxygen atoms in total. The number of fused-ring (bicyclic) bond motifs is 1. The van der Waals surface area contributed by atoms with Gasteiger partial charge in [0.2, 0.25) is 11.9 Å². The van der Waals surface area contributed by atoms with Crippen molar-refractivity contribution in [3.63, 3.8) is 0 Å². The van der Waals surface area contributed by atoms with Crippen molar-refractivity contribution >= 4 is 35.1 Å². The number of ether oxygens (including phenoxy) is 2. The van der Waals surface area contributed by atoms with Gasteiger partial charge in [0.05, 0.1) is 19.6 Å². The van der Waals surface area contributed by atoms with Crippen LogP contribution in [0.25, 0.3) is 0 Å². The monoisotopic (exact) mass is 427 g/mol. The molecule has 2 aromatic carbocycles. The first-order chi connectivity index (χ1) is 14.5. The molecule has 1 aliphatic rings. The summed E-state index contributed by atoms with van der Waals surface area (Å²) in [5.74, 6) is 0.766. The minimum Gasteiger partial charge on any atom is -0.493 e. The van der Waals surface area contributed by atoms with Crippen molar-refractivity contribution in [2.24, 2.45) is 0 Å². The Kier molecular flexibility index (Phi) is 5.53. The largest absolute Gasteiger partial charge is 0.493 e. The average molecular weight is 428 g/mol. The van der Waals surface area contributed by atoms with E-state index in [4.69, 9.17) is 21.1 Å². The number of anilines is 2. The zero-order chi connectivity index (χ0) is 21.1. The molecular weight excluding hydrogens is 410 g/mol. The highest BCUT2D eigenvalue weighted by Crippen LogP contribution is 2.34. The number of rotatable bonds is 6. The molecule has 0 aliphatic carbocycles. The normalized spacial score (nSPS) is 15.1. The molecule has 0 unspecified atom stereocenters.